The van der Waals surface area contributed by atoms with Gasteiger partial charge in [0, 0.05) is 4.93 Å². The van der Waals surface area contributed by atoms with E-state index >= 15 is 0 Å². The topological polar surface area (TPSA) is 12.4 Å². The molecule has 0 saturated heterocycles. The van der Waals surface area contributed by atoms with Crippen LogP contribution in [-0.4, -0.2) is 12.6 Å². The van der Waals surface area contributed by atoms with E-state index in [9.17, 15) is 0 Å². The van der Waals surface area contributed by atoms with Gasteiger partial charge in [0.05, 0.1) is 5.03 Å². The molecule has 0 bridgehead atoms. The van der Waals surface area contributed by atoms with Gasteiger partial charge in [-0.2, -0.15) is 0 Å². The number of halogens is 3. The Morgan fingerprint density at radius 2 is 1.88 bits per heavy atom. The maximum absolute atomic E-state index is 5.47. The number of allylic oxidation sites excluding steroid dienone is 1. The average molecular weight is 167 g/mol. The molecule has 0 aromatic carbocycles. The van der Waals surface area contributed by atoms with Crippen LogP contribution in [0.15, 0.2) is 14.9 Å². The van der Waals surface area contributed by atoms with Gasteiger partial charge in [0.15, 0.2) is 0 Å². The van der Waals surface area contributed by atoms with Crippen LogP contribution in [0.1, 0.15) is 0 Å². The Kier molecular flexibility index (Phi) is 1.86. The lowest BCUT2D eigenvalue weighted by atomic mass is 9.99. The summed E-state index contributed by atoms with van der Waals surface area (Å²) in [5, 5.41) is 0.588. The molecule has 0 atom stereocenters. The second-order valence-corrected chi connectivity index (χ2v) is 2.35. The van der Waals surface area contributed by atoms with E-state index in [0.29, 0.717) is 9.96 Å². The molecular formula is C3BCl3N. The minimum Gasteiger partial charge on any atom is -0.330 e. The molecule has 1 nitrogen and oxygen atoms in total. The normalized spacial score (nSPS) is 18.6. The van der Waals surface area contributed by atoms with E-state index in [0.717, 1.165) is 0 Å². The molecule has 0 spiro atoms. The van der Waals surface area contributed by atoms with E-state index in [4.69, 9.17) is 34.8 Å². The molecule has 0 saturated carbocycles. The Bertz CT molecular complexity index is 168. The molecule has 0 amide bonds. The third-order valence-corrected chi connectivity index (χ3v) is 1.83. The number of rotatable bonds is 0. The maximum Gasteiger partial charge on any atom is 0.328 e. The van der Waals surface area contributed by atoms with Gasteiger partial charge in [-0.3, -0.25) is 0 Å². The van der Waals surface area contributed by atoms with Crippen molar-refractivity contribution in [1.29, 1.82) is 0 Å². The molecule has 5 heteroatoms. The molecule has 8 heavy (non-hydrogen) atoms. The SMILES string of the molecule is ClC1=N[B]C(Cl)=C1Cl. The van der Waals surface area contributed by atoms with Crippen LogP contribution < -0.4 is 0 Å². The van der Waals surface area contributed by atoms with Crippen LogP contribution in [-0.2, 0) is 0 Å². The van der Waals surface area contributed by atoms with Gasteiger partial charge in [0.2, 0.25) is 0 Å². The van der Waals surface area contributed by atoms with Gasteiger partial charge in [0.1, 0.15) is 5.17 Å². The van der Waals surface area contributed by atoms with Crippen molar-refractivity contribution in [2.75, 3.05) is 0 Å². The fourth-order valence-corrected chi connectivity index (χ4v) is 0.760. The van der Waals surface area contributed by atoms with Crippen molar-refractivity contribution in [2.45, 2.75) is 0 Å². The smallest absolute Gasteiger partial charge is 0.328 e. The highest BCUT2D eigenvalue weighted by Crippen LogP contribution is 2.21. The molecule has 1 radical (unpaired) electrons. The molecule has 41 valence electrons. The molecule has 0 aliphatic carbocycles. The summed E-state index contributed by atoms with van der Waals surface area (Å²) >= 11 is 16.3. The first-order chi connectivity index (χ1) is 3.72. The van der Waals surface area contributed by atoms with Gasteiger partial charge in [0.25, 0.3) is 0 Å². The minimum atomic E-state index is 0.261. The van der Waals surface area contributed by atoms with Crippen molar-refractivity contribution >= 4 is 47.4 Å². The first kappa shape index (κ1) is 6.46. The zero-order valence-corrected chi connectivity index (χ0v) is 5.93. The summed E-state index contributed by atoms with van der Waals surface area (Å²) in [6, 6.07) is 0. The summed E-state index contributed by atoms with van der Waals surface area (Å²) in [5.74, 6) is 0. The van der Waals surface area contributed by atoms with Crippen LogP contribution >= 0.6 is 34.8 Å². The Morgan fingerprint density at radius 3 is 2.00 bits per heavy atom. The maximum atomic E-state index is 5.47. The molecule has 1 heterocycles. The van der Waals surface area contributed by atoms with E-state index in [1.165, 1.54) is 7.41 Å². The lowest BCUT2D eigenvalue weighted by molar-refractivity contribution is 1.92. The van der Waals surface area contributed by atoms with Crippen molar-refractivity contribution < 1.29 is 0 Å². The van der Waals surface area contributed by atoms with Crippen LogP contribution in [0.25, 0.3) is 0 Å². The van der Waals surface area contributed by atoms with Crippen molar-refractivity contribution in [3.8, 4) is 0 Å². The monoisotopic (exact) mass is 166 g/mol. The molecule has 1 aliphatic heterocycles. The molecular weight excluding hydrogens is 167 g/mol. The summed E-state index contributed by atoms with van der Waals surface area (Å²) in [6.07, 6.45) is 0. The first-order valence-corrected chi connectivity index (χ1v) is 2.97. The van der Waals surface area contributed by atoms with E-state index in [-0.39, 0.29) is 5.17 Å². The van der Waals surface area contributed by atoms with Crippen LogP contribution in [0.4, 0.5) is 0 Å². The summed E-state index contributed by atoms with van der Waals surface area (Å²) in [4.78, 5) is 4.02. The molecule has 0 aromatic rings. The van der Waals surface area contributed by atoms with Crippen LogP contribution in [0.3, 0.4) is 0 Å². The molecule has 0 N–H and O–H groups in total. The molecule has 0 aromatic heterocycles. The van der Waals surface area contributed by atoms with E-state index in [2.05, 4.69) is 4.90 Å². The van der Waals surface area contributed by atoms with Crippen molar-refractivity contribution in [3.05, 3.63) is 9.96 Å². The fraction of sp³-hybridized carbons (Fsp3) is 0. The standard InChI is InChI=1S/C3BCl3N/c5-1-2(6)4-8-3(1)7. The average Bonchev–Trinajstić information content (AvgIpc) is 1.98. The van der Waals surface area contributed by atoms with Gasteiger partial charge < -0.3 is 4.90 Å². The molecule has 1 rings (SSSR count). The first-order valence-electron chi connectivity index (χ1n) is 1.84. The molecule has 1 aliphatic rings. The highest BCUT2D eigenvalue weighted by Gasteiger charge is 2.14. The summed E-state index contributed by atoms with van der Waals surface area (Å²) in [6.45, 7) is 0. The highest BCUT2D eigenvalue weighted by atomic mass is 35.5. The largest absolute Gasteiger partial charge is 0.330 e. The van der Waals surface area contributed by atoms with E-state index in [1.807, 2.05) is 0 Å². The predicted octanol–water partition coefficient (Wildman–Crippen LogP) is 1.90. The van der Waals surface area contributed by atoms with Crippen LogP contribution in [0.5, 0.6) is 0 Å². The Hall–Kier alpha value is 0.345. The highest BCUT2D eigenvalue weighted by molar-refractivity contribution is 6.85. The third kappa shape index (κ3) is 1.02. The van der Waals surface area contributed by atoms with Crippen molar-refractivity contribution in [3.63, 3.8) is 0 Å². The van der Waals surface area contributed by atoms with Crippen molar-refractivity contribution in [2.24, 2.45) is 4.90 Å². The summed E-state index contributed by atoms with van der Waals surface area (Å²) in [5.41, 5.74) is 0. The Balaban J connectivity index is 2.88. The zero-order chi connectivity index (χ0) is 6.15. The van der Waals surface area contributed by atoms with Gasteiger partial charge in [-0.1, -0.05) is 34.8 Å². The lowest BCUT2D eigenvalue weighted by Gasteiger charge is -1.83. The molecule has 0 unspecified atom stereocenters. The van der Waals surface area contributed by atoms with Crippen LogP contribution in [0.2, 0.25) is 0 Å². The summed E-state index contributed by atoms with van der Waals surface area (Å²) in [7, 11) is 1.41. The van der Waals surface area contributed by atoms with Crippen LogP contribution in [0, 0.1) is 0 Å². The number of nitrogens with zero attached hydrogens (tertiary/aromatic N) is 1. The van der Waals surface area contributed by atoms with E-state index < -0.39 is 0 Å². The molecule has 0 fully saturated rings. The minimum absolute atomic E-state index is 0.261. The van der Waals surface area contributed by atoms with Gasteiger partial charge in [-0.15, -0.1) is 0 Å². The lowest BCUT2D eigenvalue weighted by Crippen LogP contribution is -1.78. The second-order valence-electron chi connectivity index (χ2n) is 1.21. The third-order valence-electron chi connectivity index (χ3n) is 0.682. The Labute approximate surface area is 62.6 Å². The number of hydrogen-bond acceptors (Lipinski definition) is 1. The van der Waals surface area contributed by atoms with Crippen molar-refractivity contribution in [1.82, 2.24) is 0 Å². The fourth-order valence-electron chi connectivity index (χ4n) is 0.325. The number of hydrogen-bond donors (Lipinski definition) is 0. The van der Waals surface area contributed by atoms with Gasteiger partial charge >= 0.3 is 7.41 Å². The second kappa shape index (κ2) is 2.30. The quantitative estimate of drug-likeness (QED) is 0.489. The van der Waals surface area contributed by atoms with Gasteiger partial charge in [-0.05, 0) is 0 Å². The predicted molar refractivity (Wildman–Crippen MR) is 37.8 cm³/mol. The van der Waals surface area contributed by atoms with E-state index in [1.54, 1.807) is 0 Å². The zero-order valence-electron chi connectivity index (χ0n) is 3.66. The van der Waals surface area contributed by atoms with Gasteiger partial charge in [-0.25, -0.2) is 0 Å². The Morgan fingerprint density at radius 1 is 1.25 bits per heavy atom. The summed E-state index contributed by atoms with van der Waals surface area (Å²) < 4.78 is 0.